The second kappa shape index (κ2) is 10.7. The minimum absolute atomic E-state index is 0.111. The third-order valence-corrected chi connectivity index (χ3v) is 5.64. The molecule has 9 heteroatoms. The number of ether oxygens (including phenoxy) is 1. The van der Waals surface area contributed by atoms with Crippen molar-refractivity contribution < 1.29 is 17.9 Å². The Bertz CT molecular complexity index is 1150. The second-order valence-electron chi connectivity index (χ2n) is 7.61. The van der Waals surface area contributed by atoms with Gasteiger partial charge < -0.3 is 10.1 Å². The minimum Gasteiger partial charge on any atom is -0.427 e. The van der Waals surface area contributed by atoms with Crippen molar-refractivity contribution in [3.8, 4) is 23.1 Å². The van der Waals surface area contributed by atoms with Crippen LogP contribution in [0.15, 0.2) is 60.1 Å². The van der Waals surface area contributed by atoms with E-state index in [1.54, 1.807) is 6.07 Å². The number of hydrogen-bond acceptors (Lipinski definition) is 5. The van der Waals surface area contributed by atoms with Crippen LogP contribution in [0.4, 0.5) is 18.9 Å². The number of nitrogens with one attached hydrogen (secondary N) is 1. The minimum atomic E-state index is -4.21. The van der Waals surface area contributed by atoms with Gasteiger partial charge in [-0.2, -0.15) is 14.0 Å². The highest BCUT2D eigenvalue weighted by Gasteiger charge is 2.42. The van der Waals surface area contributed by atoms with Crippen LogP contribution in [0.3, 0.4) is 0 Å². The Labute approximate surface area is 199 Å². The highest BCUT2D eigenvalue weighted by Crippen LogP contribution is 2.34. The van der Waals surface area contributed by atoms with Gasteiger partial charge in [-0.1, -0.05) is 61.8 Å². The highest BCUT2D eigenvalue weighted by molar-refractivity contribution is 7.11. The van der Waals surface area contributed by atoms with E-state index in [0.717, 1.165) is 17.7 Å². The lowest BCUT2D eigenvalue weighted by Crippen LogP contribution is -2.33. The van der Waals surface area contributed by atoms with Crippen LogP contribution in [0.1, 0.15) is 24.4 Å². The van der Waals surface area contributed by atoms with Gasteiger partial charge in [0, 0.05) is 17.1 Å². The lowest BCUT2D eigenvalue weighted by atomic mass is 10.0. The number of rotatable bonds is 9. The molecule has 0 aliphatic heterocycles. The summed E-state index contributed by atoms with van der Waals surface area (Å²) in [7, 11) is 0. The number of alkyl halides is 4. The fourth-order valence-electron chi connectivity index (χ4n) is 2.97. The Morgan fingerprint density at radius 3 is 2.58 bits per heavy atom. The number of anilines is 1. The first-order valence-corrected chi connectivity index (χ1v) is 11.4. The molecule has 1 N–H and O–H groups in total. The number of benzene rings is 2. The average molecular weight is 492 g/mol. The maximum atomic E-state index is 13.6. The molecule has 2 aromatic carbocycles. The van der Waals surface area contributed by atoms with Crippen LogP contribution < -0.4 is 10.1 Å². The van der Waals surface area contributed by atoms with Gasteiger partial charge in [0.25, 0.3) is 5.63 Å². The maximum Gasteiger partial charge on any atom is 0.444 e. The smallest absolute Gasteiger partial charge is 0.427 e. The van der Waals surface area contributed by atoms with E-state index in [1.807, 2.05) is 23.6 Å². The van der Waals surface area contributed by atoms with Crippen molar-refractivity contribution in [3.63, 3.8) is 0 Å². The number of thiazole rings is 1. The number of aromatic nitrogens is 1. The Hall–Kier alpha value is -3.02. The topological polar surface area (TPSA) is 57.9 Å². The Balaban J connectivity index is 1.78. The maximum absolute atomic E-state index is 13.6. The van der Waals surface area contributed by atoms with Gasteiger partial charge in [0.2, 0.25) is 0 Å². The van der Waals surface area contributed by atoms with Crippen LogP contribution >= 0.6 is 22.9 Å². The Morgan fingerprint density at radius 2 is 1.94 bits per heavy atom. The van der Waals surface area contributed by atoms with E-state index in [4.69, 9.17) is 11.6 Å². The van der Waals surface area contributed by atoms with Gasteiger partial charge >= 0.3 is 6.11 Å². The van der Waals surface area contributed by atoms with Crippen molar-refractivity contribution in [1.82, 2.24) is 4.98 Å². The zero-order valence-electron chi connectivity index (χ0n) is 17.9. The molecule has 3 aromatic rings. The second-order valence-corrected chi connectivity index (χ2v) is 8.85. The fraction of sp³-hybridized carbons (Fsp3) is 0.250. The van der Waals surface area contributed by atoms with E-state index >= 15 is 0 Å². The van der Waals surface area contributed by atoms with E-state index in [0.29, 0.717) is 10.9 Å². The van der Waals surface area contributed by atoms with Gasteiger partial charge in [-0.25, -0.2) is 9.37 Å². The monoisotopic (exact) mass is 491 g/mol. The first-order chi connectivity index (χ1) is 15.7. The molecule has 0 spiro atoms. The summed E-state index contributed by atoms with van der Waals surface area (Å²) in [5, 5.41) is 14.6. The van der Waals surface area contributed by atoms with Crippen molar-refractivity contribution in [2.45, 2.75) is 32.0 Å². The summed E-state index contributed by atoms with van der Waals surface area (Å²) in [5.74, 6) is 0.244. The zero-order valence-corrected chi connectivity index (χ0v) is 19.4. The molecule has 1 aromatic heterocycles. The predicted molar refractivity (Wildman–Crippen MR) is 126 cm³/mol. The number of allylic oxidation sites excluding steroid dienone is 1. The highest BCUT2D eigenvalue weighted by atomic mass is 35.5. The number of nitriles is 1. The third kappa shape index (κ3) is 6.50. The normalized spacial score (nSPS) is 13.0. The molecule has 1 atom stereocenters. The molecule has 0 amide bonds. The summed E-state index contributed by atoms with van der Waals surface area (Å²) in [6.07, 6.45) is -1.89. The molecule has 0 fully saturated rings. The van der Waals surface area contributed by atoms with Crippen LogP contribution in [0.5, 0.6) is 5.75 Å². The SMILES string of the molecule is CC(C)Cc1ccc(-c2csc(C(C#N)=CNc3ccccc3OC(F)(F)C(F)Cl)n2)cc1. The molecule has 0 aliphatic carbocycles. The molecule has 0 saturated carbocycles. The summed E-state index contributed by atoms with van der Waals surface area (Å²) in [6, 6.07) is 15.9. The molecule has 0 bridgehead atoms. The summed E-state index contributed by atoms with van der Waals surface area (Å²) in [4.78, 5) is 4.53. The lowest BCUT2D eigenvalue weighted by molar-refractivity contribution is -0.198. The van der Waals surface area contributed by atoms with Gasteiger partial charge in [0.15, 0.2) is 0 Å². The van der Waals surface area contributed by atoms with Crippen molar-refractivity contribution in [2.75, 3.05) is 5.32 Å². The van der Waals surface area contributed by atoms with Crippen LogP contribution in [-0.4, -0.2) is 16.7 Å². The van der Waals surface area contributed by atoms with Crippen molar-refractivity contribution in [1.29, 1.82) is 5.26 Å². The molecule has 33 heavy (non-hydrogen) atoms. The van der Waals surface area contributed by atoms with E-state index < -0.39 is 11.7 Å². The van der Waals surface area contributed by atoms with E-state index in [9.17, 15) is 18.4 Å². The van der Waals surface area contributed by atoms with Gasteiger partial charge in [0.1, 0.15) is 22.4 Å². The average Bonchev–Trinajstić information content (AvgIpc) is 3.25. The van der Waals surface area contributed by atoms with Crippen LogP contribution in [0.25, 0.3) is 16.8 Å². The van der Waals surface area contributed by atoms with Gasteiger partial charge in [-0.3, -0.25) is 0 Å². The van der Waals surface area contributed by atoms with Crippen molar-refractivity contribution in [3.05, 3.63) is 70.7 Å². The summed E-state index contributed by atoms with van der Waals surface area (Å²) >= 11 is 6.15. The van der Waals surface area contributed by atoms with E-state index in [-0.39, 0.29) is 17.0 Å². The zero-order chi connectivity index (χ0) is 24.0. The lowest BCUT2D eigenvalue weighted by Gasteiger charge is -2.19. The van der Waals surface area contributed by atoms with Crippen LogP contribution in [-0.2, 0) is 6.42 Å². The van der Waals surface area contributed by atoms with Crippen LogP contribution in [0, 0.1) is 17.2 Å². The number of nitrogens with zero attached hydrogens (tertiary/aromatic N) is 2. The molecule has 4 nitrogen and oxygen atoms in total. The number of halogens is 4. The van der Waals surface area contributed by atoms with Crippen LogP contribution in [0.2, 0.25) is 0 Å². The molecule has 3 rings (SSSR count). The summed E-state index contributed by atoms with van der Waals surface area (Å²) < 4.78 is 44.5. The first kappa shape index (κ1) is 24.6. The van der Waals surface area contributed by atoms with E-state index in [2.05, 4.69) is 41.0 Å². The Morgan fingerprint density at radius 1 is 1.24 bits per heavy atom. The third-order valence-electron chi connectivity index (χ3n) is 4.51. The molecule has 1 heterocycles. The standard InChI is InChI=1S/C24H21ClF3N3OS/c1-15(2)11-16-7-9-17(10-8-16)20-14-33-22(31-20)18(12-29)13-30-19-5-3-4-6-21(19)32-24(27,28)23(25)26/h3-10,13-15,23,30H,11H2,1-2H3. The molecule has 0 radical (unpaired) electrons. The first-order valence-electron chi connectivity index (χ1n) is 10.1. The number of para-hydroxylation sites is 2. The largest absolute Gasteiger partial charge is 0.444 e. The summed E-state index contributed by atoms with van der Waals surface area (Å²) in [6.45, 7) is 4.33. The fourth-order valence-corrected chi connectivity index (χ4v) is 3.81. The number of hydrogen-bond donors (Lipinski definition) is 1. The molecule has 0 aliphatic rings. The quantitative estimate of drug-likeness (QED) is 0.249. The van der Waals surface area contributed by atoms with Crippen molar-refractivity contribution >= 4 is 34.2 Å². The van der Waals surface area contributed by atoms with E-state index in [1.165, 1.54) is 41.3 Å². The van der Waals surface area contributed by atoms with Crippen molar-refractivity contribution in [2.24, 2.45) is 5.92 Å². The molecule has 0 saturated heterocycles. The summed E-state index contributed by atoms with van der Waals surface area (Å²) in [5.41, 5.74) is 0.198. The van der Waals surface area contributed by atoms with Gasteiger partial charge in [-0.15, -0.1) is 11.3 Å². The predicted octanol–water partition coefficient (Wildman–Crippen LogP) is 7.49. The van der Waals surface area contributed by atoms with Gasteiger partial charge in [-0.05, 0) is 30.0 Å². The molecular formula is C24H21ClF3N3OS. The molecule has 1 unspecified atom stereocenters. The molecule has 172 valence electrons. The molecular weight excluding hydrogens is 471 g/mol. The Kier molecular flexibility index (Phi) is 8.01. The van der Waals surface area contributed by atoms with Gasteiger partial charge in [0.05, 0.1) is 11.4 Å².